The highest BCUT2D eigenvalue weighted by Gasteiger charge is 2.08. The fraction of sp³-hybridized carbons (Fsp3) is 0.455. The average Bonchev–Trinajstić information content (AvgIpc) is 2.26. The summed E-state index contributed by atoms with van der Waals surface area (Å²) in [5.41, 5.74) is 1.12. The van der Waals surface area contributed by atoms with Crippen molar-refractivity contribution in [1.29, 1.82) is 0 Å². The third kappa shape index (κ3) is 3.96. The Labute approximate surface area is 109 Å². The molecule has 1 N–H and O–H groups in total. The molecular formula is C11H15IN2O2. The van der Waals surface area contributed by atoms with E-state index in [-0.39, 0.29) is 10.6 Å². The van der Waals surface area contributed by atoms with Crippen molar-refractivity contribution in [1.82, 2.24) is 0 Å². The van der Waals surface area contributed by atoms with Gasteiger partial charge in [-0.1, -0.05) is 19.8 Å². The number of anilines is 1. The fourth-order valence-corrected chi connectivity index (χ4v) is 2.05. The van der Waals surface area contributed by atoms with Gasteiger partial charge in [0.25, 0.3) is 5.69 Å². The predicted octanol–water partition coefficient (Wildman–Crippen LogP) is 3.80. The molecule has 0 spiro atoms. The maximum atomic E-state index is 10.5. The van der Waals surface area contributed by atoms with E-state index in [0.717, 1.165) is 22.2 Å². The number of hydrogen-bond donors (Lipinski definition) is 1. The first-order valence-electron chi connectivity index (χ1n) is 5.33. The van der Waals surface area contributed by atoms with Crippen molar-refractivity contribution in [3.8, 4) is 0 Å². The lowest BCUT2D eigenvalue weighted by molar-refractivity contribution is -0.384. The van der Waals surface area contributed by atoms with Crippen LogP contribution in [0.3, 0.4) is 0 Å². The number of non-ortho nitro benzene ring substituents is 1. The molecule has 1 aromatic carbocycles. The minimum Gasteiger partial charge on any atom is -0.384 e. The zero-order valence-electron chi connectivity index (χ0n) is 9.20. The molecule has 0 fully saturated rings. The van der Waals surface area contributed by atoms with Gasteiger partial charge in [0.15, 0.2) is 0 Å². The van der Waals surface area contributed by atoms with Gasteiger partial charge in [-0.2, -0.15) is 0 Å². The van der Waals surface area contributed by atoms with Crippen LogP contribution in [0.2, 0.25) is 0 Å². The number of nitrogens with one attached hydrogen (secondary N) is 1. The summed E-state index contributed by atoms with van der Waals surface area (Å²) >= 11 is 2.11. The van der Waals surface area contributed by atoms with Crippen molar-refractivity contribution in [3.05, 3.63) is 31.9 Å². The molecular weight excluding hydrogens is 319 g/mol. The molecule has 5 heteroatoms. The molecule has 0 heterocycles. The monoisotopic (exact) mass is 334 g/mol. The first-order valence-corrected chi connectivity index (χ1v) is 6.41. The number of nitro groups is 1. The van der Waals surface area contributed by atoms with Crippen LogP contribution in [0.1, 0.15) is 26.2 Å². The van der Waals surface area contributed by atoms with Gasteiger partial charge < -0.3 is 5.32 Å². The van der Waals surface area contributed by atoms with Crippen LogP contribution >= 0.6 is 22.6 Å². The smallest absolute Gasteiger partial charge is 0.270 e. The number of unbranched alkanes of at least 4 members (excludes halogenated alkanes) is 2. The second-order valence-electron chi connectivity index (χ2n) is 3.56. The Morgan fingerprint density at radius 3 is 2.75 bits per heavy atom. The summed E-state index contributed by atoms with van der Waals surface area (Å²) < 4.78 is 0.892. The summed E-state index contributed by atoms with van der Waals surface area (Å²) in [4.78, 5) is 10.2. The van der Waals surface area contributed by atoms with E-state index in [9.17, 15) is 10.1 Å². The van der Waals surface area contributed by atoms with Crippen LogP contribution in [0.4, 0.5) is 11.4 Å². The Bertz CT molecular complexity index is 369. The minimum atomic E-state index is -0.372. The van der Waals surface area contributed by atoms with Gasteiger partial charge in [-0.3, -0.25) is 10.1 Å². The van der Waals surface area contributed by atoms with Gasteiger partial charge in [0.2, 0.25) is 0 Å². The second-order valence-corrected chi connectivity index (χ2v) is 4.72. The number of nitro benzene ring substituents is 1. The highest BCUT2D eigenvalue weighted by atomic mass is 127. The molecule has 0 aliphatic rings. The third-order valence-corrected chi connectivity index (χ3v) is 3.15. The molecule has 0 radical (unpaired) electrons. The second kappa shape index (κ2) is 6.67. The Hall–Kier alpha value is -0.850. The lowest BCUT2D eigenvalue weighted by Gasteiger charge is -2.07. The lowest BCUT2D eigenvalue weighted by Crippen LogP contribution is -2.03. The zero-order chi connectivity index (χ0) is 12.0. The Morgan fingerprint density at radius 2 is 2.19 bits per heavy atom. The van der Waals surface area contributed by atoms with Crippen LogP contribution in [0, 0.1) is 13.7 Å². The Morgan fingerprint density at radius 1 is 1.44 bits per heavy atom. The number of benzene rings is 1. The number of nitrogens with zero attached hydrogens (tertiary/aromatic N) is 1. The van der Waals surface area contributed by atoms with E-state index in [0.29, 0.717) is 0 Å². The van der Waals surface area contributed by atoms with Crippen LogP contribution in [0.25, 0.3) is 0 Å². The van der Waals surface area contributed by atoms with Crippen LogP contribution in [-0.2, 0) is 0 Å². The highest BCUT2D eigenvalue weighted by Crippen LogP contribution is 2.23. The summed E-state index contributed by atoms with van der Waals surface area (Å²) in [5.74, 6) is 0. The molecule has 1 aromatic rings. The Balaban J connectivity index is 2.57. The molecule has 0 saturated heterocycles. The van der Waals surface area contributed by atoms with Crippen molar-refractivity contribution in [2.75, 3.05) is 11.9 Å². The van der Waals surface area contributed by atoms with Crippen molar-refractivity contribution in [2.45, 2.75) is 26.2 Å². The number of halogens is 1. The van der Waals surface area contributed by atoms with E-state index >= 15 is 0 Å². The largest absolute Gasteiger partial charge is 0.384 e. The summed E-state index contributed by atoms with van der Waals surface area (Å²) in [6.45, 7) is 3.08. The number of hydrogen-bond acceptors (Lipinski definition) is 3. The van der Waals surface area contributed by atoms with E-state index < -0.39 is 0 Å². The van der Waals surface area contributed by atoms with Gasteiger partial charge >= 0.3 is 0 Å². The molecule has 4 nitrogen and oxygen atoms in total. The van der Waals surface area contributed by atoms with E-state index in [1.807, 2.05) is 0 Å². The first kappa shape index (κ1) is 13.2. The van der Waals surface area contributed by atoms with Crippen LogP contribution in [0.5, 0.6) is 0 Å². The molecule has 0 amide bonds. The van der Waals surface area contributed by atoms with Crippen LogP contribution in [0.15, 0.2) is 18.2 Å². The molecule has 0 unspecified atom stereocenters. The van der Waals surface area contributed by atoms with Gasteiger partial charge in [-0.15, -0.1) is 0 Å². The standard InChI is InChI=1S/C11H15IN2O2/c1-2-3-4-7-13-11-6-5-9(14(15)16)8-10(11)12/h5-6,8,13H,2-4,7H2,1H3. The molecule has 0 aliphatic heterocycles. The summed E-state index contributed by atoms with van der Waals surface area (Å²) in [7, 11) is 0. The molecule has 88 valence electrons. The molecule has 1 rings (SSSR count). The first-order chi connectivity index (χ1) is 7.65. The van der Waals surface area contributed by atoms with Crippen LogP contribution in [-0.4, -0.2) is 11.5 Å². The molecule has 0 aliphatic carbocycles. The van der Waals surface area contributed by atoms with Crippen molar-refractivity contribution in [2.24, 2.45) is 0 Å². The maximum Gasteiger partial charge on any atom is 0.270 e. The molecule has 0 bridgehead atoms. The summed E-state index contributed by atoms with van der Waals surface area (Å²) in [6.07, 6.45) is 3.53. The maximum absolute atomic E-state index is 10.5. The minimum absolute atomic E-state index is 0.142. The van der Waals surface area contributed by atoms with Crippen molar-refractivity contribution >= 4 is 34.0 Å². The van der Waals surface area contributed by atoms with Gasteiger partial charge in [-0.25, -0.2) is 0 Å². The predicted molar refractivity (Wildman–Crippen MR) is 73.8 cm³/mol. The number of rotatable bonds is 6. The van der Waals surface area contributed by atoms with Crippen LogP contribution < -0.4 is 5.32 Å². The molecule has 0 atom stereocenters. The van der Waals surface area contributed by atoms with E-state index in [1.165, 1.54) is 18.9 Å². The van der Waals surface area contributed by atoms with Gasteiger partial charge in [0, 0.05) is 27.9 Å². The fourth-order valence-electron chi connectivity index (χ4n) is 1.36. The third-order valence-electron chi connectivity index (χ3n) is 2.26. The molecule has 16 heavy (non-hydrogen) atoms. The SMILES string of the molecule is CCCCCNc1ccc([N+](=O)[O-])cc1I. The van der Waals surface area contributed by atoms with E-state index in [1.54, 1.807) is 12.1 Å². The highest BCUT2D eigenvalue weighted by molar-refractivity contribution is 14.1. The summed E-state index contributed by atoms with van der Waals surface area (Å²) in [6, 6.07) is 4.89. The zero-order valence-corrected chi connectivity index (χ0v) is 11.4. The Kier molecular flexibility index (Phi) is 5.51. The lowest BCUT2D eigenvalue weighted by atomic mass is 10.2. The van der Waals surface area contributed by atoms with E-state index in [4.69, 9.17) is 0 Å². The normalized spacial score (nSPS) is 10.1. The van der Waals surface area contributed by atoms with E-state index in [2.05, 4.69) is 34.8 Å². The average molecular weight is 334 g/mol. The van der Waals surface area contributed by atoms with Gasteiger partial charge in [0.1, 0.15) is 0 Å². The van der Waals surface area contributed by atoms with Crippen molar-refractivity contribution in [3.63, 3.8) is 0 Å². The molecule has 0 saturated carbocycles. The quantitative estimate of drug-likeness (QED) is 0.373. The van der Waals surface area contributed by atoms with Crippen molar-refractivity contribution < 1.29 is 4.92 Å². The topological polar surface area (TPSA) is 55.2 Å². The van der Waals surface area contributed by atoms with Gasteiger partial charge in [-0.05, 0) is 35.1 Å². The summed E-state index contributed by atoms with van der Waals surface area (Å²) in [5, 5.41) is 13.8. The van der Waals surface area contributed by atoms with Gasteiger partial charge in [0.05, 0.1) is 4.92 Å². The molecule has 0 aromatic heterocycles.